The topological polar surface area (TPSA) is 52.6 Å². The Morgan fingerprint density at radius 3 is 2.58 bits per heavy atom. The van der Waals surface area contributed by atoms with Crippen molar-refractivity contribution in [3.05, 3.63) is 30.1 Å². The van der Waals surface area contributed by atoms with Crippen LogP contribution in [0.2, 0.25) is 0 Å². The molecule has 106 valence electrons. The first-order valence-electron chi connectivity index (χ1n) is 6.19. The molecule has 1 amide bonds. The Hall–Kier alpha value is -1.46. The molecule has 1 atom stereocenters. The summed E-state index contributed by atoms with van der Waals surface area (Å²) in [6, 6.07) is 5.56. The molecule has 1 rings (SSSR count). The predicted molar refractivity (Wildman–Crippen MR) is 73.4 cm³/mol. The molecule has 0 radical (unpaired) electrons. The second-order valence-electron chi connectivity index (χ2n) is 5.37. The van der Waals surface area contributed by atoms with Crippen molar-refractivity contribution in [1.29, 1.82) is 0 Å². The molecule has 0 saturated heterocycles. The van der Waals surface area contributed by atoms with Gasteiger partial charge in [-0.15, -0.1) is 0 Å². The summed E-state index contributed by atoms with van der Waals surface area (Å²) in [6.45, 7) is 5.40. The lowest BCUT2D eigenvalue weighted by atomic mass is 10.1. The minimum atomic E-state index is -0.888. The predicted octanol–water partition coefficient (Wildman–Crippen LogP) is 1.86. The molecule has 0 spiro atoms. The van der Waals surface area contributed by atoms with E-state index in [1.54, 1.807) is 44.9 Å². The van der Waals surface area contributed by atoms with E-state index < -0.39 is 17.5 Å². The number of hydrogen-bond acceptors (Lipinski definition) is 3. The van der Waals surface area contributed by atoms with Crippen molar-refractivity contribution < 1.29 is 14.3 Å². The van der Waals surface area contributed by atoms with E-state index in [9.17, 15) is 14.3 Å². The summed E-state index contributed by atoms with van der Waals surface area (Å²) >= 11 is 0. The number of halogens is 1. The number of amides is 1. The quantitative estimate of drug-likeness (QED) is 0.857. The van der Waals surface area contributed by atoms with Crippen molar-refractivity contribution >= 4 is 11.6 Å². The number of rotatable bonds is 5. The Kier molecular flexibility index (Phi) is 5.03. The van der Waals surface area contributed by atoms with Crippen LogP contribution >= 0.6 is 0 Å². The number of nitrogens with one attached hydrogen (secondary N) is 1. The van der Waals surface area contributed by atoms with Gasteiger partial charge in [-0.05, 0) is 40.0 Å². The first-order chi connectivity index (χ1) is 8.70. The van der Waals surface area contributed by atoms with Gasteiger partial charge in [-0.25, -0.2) is 4.39 Å². The van der Waals surface area contributed by atoms with E-state index in [4.69, 9.17) is 0 Å². The molecule has 4 nitrogen and oxygen atoms in total. The van der Waals surface area contributed by atoms with E-state index in [0.717, 1.165) is 0 Å². The molecule has 1 aromatic carbocycles. The van der Waals surface area contributed by atoms with Crippen LogP contribution < -0.4 is 5.32 Å². The van der Waals surface area contributed by atoms with Crippen molar-refractivity contribution in [2.75, 3.05) is 18.9 Å². The molecule has 1 aromatic rings. The van der Waals surface area contributed by atoms with Crippen LogP contribution in [0.1, 0.15) is 20.8 Å². The van der Waals surface area contributed by atoms with Gasteiger partial charge in [0.05, 0.1) is 17.3 Å². The molecule has 0 fully saturated rings. The molecule has 19 heavy (non-hydrogen) atoms. The molecule has 0 heterocycles. The molecule has 0 aromatic heterocycles. The summed E-state index contributed by atoms with van der Waals surface area (Å²) in [5.74, 6) is -0.773. The van der Waals surface area contributed by atoms with Gasteiger partial charge in [0.2, 0.25) is 5.91 Å². The Balaban J connectivity index is 2.65. The van der Waals surface area contributed by atoms with Crippen molar-refractivity contribution in [1.82, 2.24) is 4.90 Å². The third kappa shape index (κ3) is 4.96. The summed E-state index contributed by atoms with van der Waals surface area (Å²) in [6.07, 6.45) is 0. The lowest BCUT2D eigenvalue weighted by Gasteiger charge is -2.29. The average molecular weight is 268 g/mol. The minimum Gasteiger partial charge on any atom is -0.389 e. The van der Waals surface area contributed by atoms with Gasteiger partial charge in [0.15, 0.2) is 0 Å². The molecule has 0 aliphatic heterocycles. The van der Waals surface area contributed by atoms with Crippen molar-refractivity contribution in [2.24, 2.45) is 0 Å². The normalized spacial score (nSPS) is 13.4. The highest BCUT2D eigenvalue weighted by Gasteiger charge is 2.24. The van der Waals surface area contributed by atoms with Crippen molar-refractivity contribution in [3.8, 4) is 0 Å². The monoisotopic (exact) mass is 268 g/mol. The van der Waals surface area contributed by atoms with E-state index in [1.165, 1.54) is 12.1 Å². The van der Waals surface area contributed by atoms with Gasteiger partial charge in [0.1, 0.15) is 5.82 Å². The largest absolute Gasteiger partial charge is 0.389 e. The van der Waals surface area contributed by atoms with Crippen LogP contribution in [0.5, 0.6) is 0 Å². The summed E-state index contributed by atoms with van der Waals surface area (Å²) < 4.78 is 13.4. The van der Waals surface area contributed by atoms with Crippen LogP contribution in [0, 0.1) is 5.82 Å². The summed E-state index contributed by atoms with van der Waals surface area (Å²) in [7, 11) is 1.74. The Morgan fingerprint density at radius 2 is 2.05 bits per heavy atom. The van der Waals surface area contributed by atoms with Crippen LogP contribution in [-0.4, -0.2) is 41.1 Å². The number of aliphatic hydroxyl groups is 1. The lowest BCUT2D eigenvalue weighted by molar-refractivity contribution is -0.121. The SMILES string of the molecule is CC(C(=O)Nc1ccccc1F)N(C)CC(C)(C)O. The lowest BCUT2D eigenvalue weighted by Crippen LogP contribution is -2.46. The molecule has 0 aliphatic carbocycles. The number of nitrogens with zero attached hydrogens (tertiary/aromatic N) is 1. The van der Waals surface area contributed by atoms with E-state index >= 15 is 0 Å². The first kappa shape index (κ1) is 15.6. The maximum Gasteiger partial charge on any atom is 0.241 e. The van der Waals surface area contributed by atoms with Crippen LogP contribution in [0.4, 0.5) is 10.1 Å². The van der Waals surface area contributed by atoms with E-state index in [0.29, 0.717) is 6.54 Å². The second-order valence-corrected chi connectivity index (χ2v) is 5.37. The molecule has 0 aliphatic rings. The highest BCUT2D eigenvalue weighted by molar-refractivity contribution is 5.94. The minimum absolute atomic E-state index is 0.163. The fourth-order valence-corrected chi connectivity index (χ4v) is 1.75. The fraction of sp³-hybridized carbons (Fsp3) is 0.500. The summed E-state index contributed by atoms with van der Waals surface area (Å²) in [5, 5.41) is 12.3. The maximum atomic E-state index is 13.4. The van der Waals surface area contributed by atoms with Gasteiger partial charge < -0.3 is 10.4 Å². The molecule has 1 unspecified atom stereocenters. The number of carbonyl (C=O) groups excluding carboxylic acids is 1. The number of likely N-dealkylation sites (N-methyl/N-ethyl adjacent to an activating group) is 1. The van der Waals surface area contributed by atoms with Gasteiger partial charge in [-0.2, -0.15) is 0 Å². The maximum absolute atomic E-state index is 13.4. The summed E-state index contributed by atoms with van der Waals surface area (Å²) in [4.78, 5) is 13.7. The Labute approximate surface area is 113 Å². The first-order valence-corrected chi connectivity index (χ1v) is 6.19. The van der Waals surface area contributed by atoms with Crippen LogP contribution in [0.25, 0.3) is 0 Å². The second kappa shape index (κ2) is 6.12. The van der Waals surface area contributed by atoms with E-state index in [2.05, 4.69) is 5.32 Å². The molecule has 2 N–H and O–H groups in total. The van der Waals surface area contributed by atoms with Gasteiger partial charge >= 0.3 is 0 Å². The highest BCUT2D eigenvalue weighted by Crippen LogP contribution is 2.14. The Bertz CT molecular complexity index is 443. The van der Waals surface area contributed by atoms with Crippen molar-refractivity contribution in [2.45, 2.75) is 32.4 Å². The number of benzene rings is 1. The van der Waals surface area contributed by atoms with Crippen LogP contribution in [-0.2, 0) is 4.79 Å². The van der Waals surface area contributed by atoms with Crippen LogP contribution in [0.15, 0.2) is 24.3 Å². The molecule has 5 heteroatoms. The van der Waals surface area contributed by atoms with Gasteiger partial charge in [-0.1, -0.05) is 12.1 Å². The third-order valence-electron chi connectivity index (χ3n) is 2.81. The van der Waals surface area contributed by atoms with Crippen molar-refractivity contribution in [3.63, 3.8) is 0 Å². The van der Waals surface area contributed by atoms with Gasteiger partial charge in [0, 0.05) is 6.54 Å². The summed E-state index contributed by atoms with van der Waals surface area (Å²) in [5.41, 5.74) is -0.725. The number of para-hydroxylation sites is 1. The van der Waals surface area contributed by atoms with Gasteiger partial charge in [-0.3, -0.25) is 9.69 Å². The molecular weight excluding hydrogens is 247 g/mol. The zero-order chi connectivity index (χ0) is 14.6. The number of carbonyl (C=O) groups is 1. The van der Waals surface area contributed by atoms with E-state index in [-0.39, 0.29) is 11.6 Å². The molecular formula is C14H21FN2O2. The Morgan fingerprint density at radius 1 is 1.47 bits per heavy atom. The number of anilines is 1. The van der Waals surface area contributed by atoms with Crippen LogP contribution in [0.3, 0.4) is 0 Å². The molecule has 0 saturated carbocycles. The number of hydrogen-bond donors (Lipinski definition) is 2. The average Bonchev–Trinajstić information content (AvgIpc) is 2.28. The van der Waals surface area contributed by atoms with E-state index in [1.807, 2.05) is 0 Å². The highest BCUT2D eigenvalue weighted by atomic mass is 19.1. The fourth-order valence-electron chi connectivity index (χ4n) is 1.75. The van der Waals surface area contributed by atoms with Gasteiger partial charge in [0.25, 0.3) is 0 Å². The smallest absolute Gasteiger partial charge is 0.241 e. The zero-order valence-electron chi connectivity index (χ0n) is 11.8. The molecule has 0 bridgehead atoms. The zero-order valence-corrected chi connectivity index (χ0v) is 11.8. The standard InChI is InChI=1S/C14H21FN2O2/c1-10(17(4)9-14(2,3)19)13(18)16-12-8-6-5-7-11(12)15/h5-8,10,19H,9H2,1-4H3,(H,16,18). The third-order valence-corrected chi connectivity index (χ3v) is 2.81.